The molecule has 0 bridgehead atoms. The van der Waals surface area contributed by atoms with Gasteiger partial charge in [-0.2, -0.15) is 0 Å². The highest BCUT2D eigenvalue weighted by molar-refractivity contribution is 7.89. The Morgan fingerprint density at radius 2 is 2.00 bits per heavy atom. The minimum absolute atomic E-state index is 0.234. The quantitative estimate of drug-likeness (QED) is 0.473. The summed E-state index contributed by atoms with van der Waals surface area (Å²) in [5.41, 5.74) is 8.03. The predicted octanol–water partition coefficient (Wildman–Crippen LogP) is 1.70. The van der Waals surface area contributed by atoms with Crippen LogP contribution in [0.1, 0.15) is 31.4 Å². The van der Waals surface area contributed by atoms with Crippen LogP contribution in [0.15, 0.2) is 17.0 Å². The lowest BCUT2D eigenvalue weighted by atomic mass is 10.1. The van der Waals surface area contributed by atoms with E-state index in [1.54, 1.807) is 6.07 Å². The number of hydrogen-bond acceptors (Lipinski definition) is 3. The molecule has 19 heavy (non-hydrogen) atoms. The Hall–Kier alpha value is -1.51. The molecular weight excluding hydrogens is 260 g/mol. The van der Waals surface area contributed by atoms with Crippen molar-refractivity contribution in [1.82, 2.24) is 4.72 Å². The molecule has 0 fully saturated rings. The molecular formula is C14H20N2O2S. The first-order chi connectivity index (χ1) is 8.96. The average molecular weight is 280 g/mol. The molecule has 0 saturated carbocycles. The fourth-order valence-corrected chi connectivity index (χ4v) is 3.30. The summed E-state index contributed by atoms with van der Waals surface area (Å²) in [5.74, 6) is 2.40. The Morgan fingerprint density at radius 3 is 2.53 bits per heavy atom. The van der Waals surface area contributed by atoms with Gasteiger partial charge in [0.15, 0.2) is 0 Å². The van der Waals surface area contributed by atoms with Crippen molar-refractivity contribution in [2.24, 2.45) is 0 Å². The SMILES string of the molecule is C#CCCNS(=O)(=O)c1cc(CC)cc(N)c1CC. The fourth-order valence-electron chi connectivity index (χ4n) is 1.88. The van der Waals surface area contributed by atoms with Crippen molar-refractivity contribution in [1.29, 1.82) is 0 Å². The molecule has 1 aromatic rings. The largest absolute Gasteiger partial charge is 0.398 e. The van der Waals surface area contributed by atoms with E-state index >= 15 is 0 Å². The normalized spacial score (nSPS) is 11.2. The lowest BCUT2D eigenvalue weighted by Crippen LogP contribution is -2.26. The molecule has 0 aromatic heterocycles. The van der Waals surface area contributed by atoms with Crippen LogP contribution in [0.25, 0.3) is 0 Å². The smallest absolute Gasteiger partial charge is 0.240 e. The second-order valence-electron chi connectivity index (χ2n) is 4.22. The molecule has 0 amide bonds. The van der Waals surface area contributed by atoms with Gasteiger partial charge in [0.1, 0.15) is 0 Å². The van der Waals surface area contributed by atoms with Crippen LogP contribution in [-0.4, -0.2) is 15.0 Å². The maximum absolute atomic E-state index is 12.3. The third-order valence-electron chi connectivity index (χ3n) is 2.92. The summed E-state index contributed by atoms with van der Waals surface area (Å²) in [6.07, 6.45) is 6.79. The fraction of sp³-hybridized carbons (Fsp3) is 0.429. The molecule has 0 aliphatic carbocycles. The highest BCUT2D eigenvalue weighted by Gasteiger charge is 2.19. The molecule has 3 N–H and O–H groups in total. The topological polar surface area (TPSA) is 72.2 Å². The van der Waals surface area contributed by atoms with E-state index in [1.807, 2.05) is 19.9 Å². The zero-order valence-corrected chi connectivity index (χ0v) is 12.2. The van der Waals surface area contributed by atoms with Crippen LogP contribution in [-0.2, 0) is 22.9 Å². The Labute approximate surface area is 115 Å². The van der Waals surface area contributed by atoms with E-state index < -0.39 is 10.0 Å². The second-order valence-corrected chi connectivity index (χ2v) is 5.96. The van der Waals surface area contributed by atoms with Gasteiger partial charge in [-0.05, 0) is 36.1 Å². The number of aryl methyl sites for hydroxylation is 1. The van der Waals surface area contributed by atoms with Crippen molar-refractivity contribution in [3.63, 3.8) is 0 Å². The minimum atomic E-state index is -3.56. The summed E-state index contributed by atoms with van der Waals surface area (Å²) >= 11 is 0. The number of nitrogens with two attached hydrogens (primary N) is 1. The third-order valence-corrected chi connectivity index (χ3v) is 4.44. The summed E-state index contributed by atoms with van der Waals surface area (Å²) in [6.45, 7) is 4.08. The Kier molecular flexibility index (Phi) is 5.40. The number of nitrogen functional groups attached to an aromatic ring is 1. The number of rotatable bonds is 6. The molecule has 5 heteroatoms. The molecule has 0 spiro atoms. The van der Waals surface area contributed by atoms with Gasteiger partial charge in [-0.3, -0.25) is 0 Å². The second kappa shape index (κ2) is 6.60. The van der Waals surface area contributed by atoms with Gasteiger partial charge in [0.25, 0.3) is 0 Å². The van der Waals surface area contributed by atoms with E-state index in [4.69, 9.17) is 12.2 Å². The van der Waals surface area contributed by atoms with Gasteiger partial charge in [-0.25, -0.2) is 13.1 Å². The molecule has 0 atom stereocenters. The summed E-state index contributed by atoms with van der Waals surface area (Å²) in [4.78, 5) is 0.267. The number of hydrogen-bond donors (Lipinski definition) is 2. The minimum Gasteiger partial charge on any atom is -0.398 e. The van der Waals surface area contributed by atoms with Crippen molar-refractivity contribution in [2.45, 2.75) is 38.0 Å². The first kappa shape index (κ1) is 15.5. The van der Waals surface area contributed by atoms with Gasteiger partial charge < -0.3 is 5.73 Å². The number of benzene rings is 1. The van der Waals surface area contributed by atoms with Crippen LogP contribution >= 0.6 is 0 Å². The number of anilines is 1. The first-order valence-corrected chi connectivity index (χ1v) is 7.79. The van der Waals surface area contributed by atoms with Gasteiger partial charge >= 0.3 is 0 Å². The van der Waals surface area contributed by atoms with Crippen LogP contribution in [0.4, 0.5) is 5.69 Å². The average Bonchev–Trinajstić information content (AvgIpc) is 2.37. The Morgan fingerprint density at radius 1 is 1.32 bits per heavy atom. The molecule has 0 unspecified atom stereocenters. The maximum atomic E-state index is 12.3. The molecule has 0 radical (unpaired) electrons. The van der Waals surface area contributed by atoms with Crippen molar-refractivity contribution in [3.8, 4) is 12.3 Å². The predicted molar refractivity (Wildman–Crippen MR) is 78.2 cm³/mol. The van der Waals surface area contributed by atoms with Crippen molar-refractivity contribution >= 4 is 15.7 Å². The summed E-state index contributed by atoms with van der Waals surface area (Å²) in [7, 11) is -3.56. The van der Waals surface area contributed by atoms with Crippen LogP contribution in [0.3, 0.4) is 0 Å². The highest BCUT2D eigenvalue weighted by Crippen LogP contribution is 2.25. The third kappa shape index (κ3) is 3.72. The Bertz CT molecular complexity index is 586. The van der Waals surface area contributed by atoms with Crippen molar-refractivity contribution in [2.75, 3.05) is 12.3 Å². The maximum Gasteiger partial charge on any atom is 0.240 e. The first-order valence-electron chi connectivity index (χ1n) is 6.30. The molecule has 1 aromatic carbocycles. The van der Waals surface area contributed by atoms with Crippen LogP contribution in [0.2, 0.25) is 0 Å². The van der Waals surface area contributed by atoms with Crippen LogP contribution in [0, 0.1) is 12.3 Å². The molecule has 0 aliphatic heterocycles. The summed E-state index contributed by atoms with van der Waals surface area (Å²) in [5, 5.41) is 0. The van der Waals surface area contributed by atoms with Gasteiger partial charge in [0.05, 0.1) is 4.90 Å². The standard InChI is InChI=1S/C14H20N2O2S/c1-4-7-8-16-19(17,18)14-10-11(5-2)9-13(15)12(14)6-3/h1,9-10,16H,5-8,15H2,2-3H3. The zero-order chi connectivity index (χ0) is 14.5. The Balaban J connectivity index is 3.24. The lowest BCUT2D eigenvalue weighted by Gasteiger charge is -2.14. The van der Waals surface area contributed by atoms with Crippen molar-refractivity contribution in [3.05, 3.63) is 23.3 Å². The molecule has 0 heterocycles. The molecule has 1 rings (SSSR count). The van der Waals surface area contributed by atoms with Gasteiger partial charge in [-0.1, -0.05) is 13.8 Å². The molecule has 4 nitrogen and oxygen atoms in total. The summed E-state index contributed by atoms with van der Waals surface area (Å²) in [6, 6.07) is 3.52. The van der Waals surface area contributed by atoms with Crippen molar-refractivity contribution < 1.29 is 8.42 Å². The monoisotopic (exact) mass is 280 g/mol. The van der Waals surface area contributed by atoms with Gasteiger partial charge in [-0.15, -0.1) is 12.3 Å². The van der Waals surface area contributed by atoms with E-state index in [2.05, 4.69) is 10.6 Å². The molecule has 104 valence electrons. The van der Waals surface area contributed by atoms with Crippen LogP contribution in [0.5, 0.6) is 0 Å². The van der Waals surface area contributed by atoms with E-state index in [-0.39, 0.29) is 11.4 Å². The number of terminal acetylenes is 1. The highest BCUT2D eigenvalue weighted by atomic mass is 32.2. The van der Waals surface area contributed by atoms with E-state index in [9.17, 15) is 8.42 Å². The van der Waals surface area contributed by atoms with E-state index in [0.29, 0.717) is 24.1 Å². The summed E-state index contributed by atoms with van der Waals surface area (Å²) < 4.78 is 27.0. The zero-order valence-electron chi connectivity index (χ0n) is 11.4. The van der Waals surface area contributed by atoms with Gasteiger partial charge in [0, 0.05) is 18.7 Å². The van der Waals surface area contributed by atoms with Gasteiger partial charge in [0.2, 0.25) is 10.0 Å². The van der Waals surface area contributed by atoms with Crippen LogP contribution < -0.4 is 10.5 Å². The molecule has 0 saturated heterocycles. The lowest BCUT2D eigenvalue weighted by molar-refractivity contribution is 0.581. The molecule has 0 aliphatic rings. The number of sulfonamides is 1. The number of nitrogens with one attached hydrogen (secondary N) is 1. The van der Waals surface area contributed by atoms with E-state index in [0.717, 1.165) is 12.0 Å². The van der Waals surface area contributed by atoms with E-state index in [1.165, 1.54) is 0 Å².